The molecule has 0 spiro atoms. The molecule has 0 radical (unpaired) electrons. The number of aromatic amines is 1. The molecule has 1 aromatic carbocycles. The lowest BCUT2D eigenvalue weighted by Crippen LogP contribution is -2.12. The van der Waals surface area contributed by atoms with Crippen LogP contribution >= 0.6 is 0 Å². The summed E-state index contributed by atoms with van der Waals surface area (Å²) in [5.74, 6) is 1.76. The van der Waals surface area contributed by atoms with E-state index in [1.54, 1.807) is 0 Å². The van der Waals surface area contributed by atoms with Crippen LogP contribution in [0.5, 0.6) is 0 Å². The molecule has 0 saturated heterocycles. The number of aromatic nitrogens is 2. The Morgan fingerprint density at radius 1 is 1.31 bits per heavy atom. The summed E-state index contributed by atoms with van der Waals surface area (Å²) in [5.41, 5.74) is 3.07. The maximum Gasteiger partial charge on any atom is 0.106 e. The van der Waals surface area contributed by atoms with E-state index in [1.165, 1.54) is 30.4 Å². The predicted octanol–water partition coefficient (Wildman–Crippen LogP) is 3.07. The molecule has 0 fully saturated rings. The molecule has 16 heavy (non-hydrogen) atoms. The van der Waals surface area contributed by atoms with Crippen LogP contribution in [0.2, 0.25) is 0 Å². The molecule has 1 aromatic heterocycles. The van der Waals surface area contributed by atoms with Crippen LogP contribution in [0, 0.1) is 0 Å². The van der Waals surface area contributed by atoms with Crippen LogP contribution in [0.3, 0.4) is 0 Å². The summed E-state index contributed by atoms with van der Waals surface area (Å²) in [6.45, 7) is 0. The number of nitrogens with zero attached hydrogens (tertiary/aromatic N) is 1. The molecule has 0 unspecified atom stereocenters. The first-order valence-electron chi connectivity index (χ1n) is 5.99. The van der Waals surface area contributed by atoms with Crippen LogP contribution in [0.25, 0.3) is 0 Å². The van der Waals surface area contributed by atoms with E-state index in [2.05, 4.69) is 34.2 Å². The summed E-state index contributed by atoms with van der Waals surface area (Å²) in [6, 6.07) is 8.85. The van der Waals surface area contributed by atoms with Gasteiger partial charge in [0.2, 0.25) is 0 Å². The van der Waals surface area contributed by atoms with Gasteiger partial charge < -0.3 is 4.98 Å². The molecule has 2 nitrogen and oxygen atoms in total. The minimum Gasteiger partial charge on any atom is -0.349 e. The van der Waals surface area contributed by atoms with Gasteiger partial charge in [-0.3, -0.25) is 0 Å². The number of fused-ring (bicyclic) bond motifs is 1. The van der Waals surface area contributed by atoms with Crippen molar-refractivity contribution in [2.75, 3.05) is 0 Å². The highest BCUT2D eigenvalue weighted by Gasteiger charge is 2.20. The van der Waals surface area contributed by atoms with Gasteiger partial charge in [-0.15, -0.1) is 0 Å². The third-order valence-electron chi connectivity index (χ3n) is 3.49. The second kappa shape index (κ2) is 4.12. The number of hydrogen-bond donors (Lipinski definition) is 1. The topological polar surface area (TPSA) is 28.7 Å². The lowest BCUT2D eigenvalue weighted by molar-refractivity contribution is 0.541. The molecule has 1 heterocycles. The highest BCUT2D eigenvalue weighted by atomic mass is 14.9. The van der Waals surface area contributed by atoms with Crippen molar-refractivity contribution in [3.05, 3.63) is 53.6 Å². The van der Waals surface area contributed by atoms with Gasteiger partial charge in [0.15, 0.2) is 0 Å². The van der Waals surface area contributed by atoms with Crippen LogP contribution in [-0.4, -0.2) is 9.97 Å². The zero-order valence-electron chi connectivity index (χ0n) is 9.32. The molecule has 82 valence electrons. The van der Waals surface area contributed by atoms with Crippen molar-refractivity contribution >= 4 is 0 Å². The Balaban J connectivity index is 1.87. The van der Waals surface area contributed by atoms with E-state index in [0.29, 0.717) is 5.92 Å². The predicted molar refractivity (Wildman–Crippen MR) is 64.4 cm³/mol. The second-order valence-electron chi connectivity index (χ2n) is 4.53. The summed E-state index contributed by atoms with van der Waals surface area (Å²) in [6.07, 6.45) is 8.63. The van der Waals surface area contributed by atoms with Gasteiger partial charge in [-0.1, -0.05) is 24.3 Å². The number of nitrogens with one attached hydrogen (secondary N) is 1. The Kier molecular flexibility index (Phi) is 2.49. The lowest BCUT2D eigenvalue weighted by atomic mass is 9.81. The first-order chi connectivity index (χ1) is 7.93. The molecule has 0 aliphatic heterocycles. The van der Waals surface area contributed by atoms with Gasteiger partial charge in [0.1, 0.15) is 5.82 Å². The molecule has 2 heteroatoms. The number of rotatable bonds is 2. The van der Waals surface area contributed by atoms with E-state index in [-0.39, 0.29) is 0 Å². The van der Waals surface area contributed by atoms with Gasteiger partial charge in [0.25, 0.3) is 0 Å². The number of imidazole rings is 1. The first-order valence-corrected chi connectivity index (χ1v) is 5.99. The van der Waals surface area contributed by atoms with E-state index < -0.39 is 0 Å². The summed E-state index contributed by atoms with van der Waals surface area (Å²) in [4.78, 5) is 7.53. The van der Waals surface area contributed by atoms with Gasteiger partial charge in [-0.2, -0.15) is 0 Å². The molecule has 3 rings (SSSR count). The van der Waals surface area contributed by atoms with Gasteiger partial charge in [0.05, 0.1) is 0 Å². The van der Waals surface area contributed by atoms with Crippen molar-refractivity contribution in [3.8, 4) is 0 Å². The Hall–Kier alpha value is -1.57. The van der Waals surface area contributed by atoms with Crippen molar-refractivity contribution in [1.29, 1.82) is 0 Å². The maximum atomic E-state index is 4.33. The molecule has 2 aromatic rings. The van der Waals surface area contributed by atoms with E-state index in [9.17, 15) is 0 Å². The summed E-state index contributed by atoms with van der Waals surface area (Å²) < 4.78 is 0. The van der Waals surface area contributed by atoms with Crippen LogP contribution in [-0.2, 0) is 12.8 Å². The summed E-state index contributed by atoms with van der Waals surface area (Å²) in [5, 5.41) is 0. The molecule has 1 aliphatic rings. The first kappa shape index (κ1) is 9.64. The van der Waals surface area contributed by atoms with Crippen LogP contribution in [0.1, 0.15) is 35.7 Å². The number of benzene rings is 1. The van der Waals surface area contributed by atoms with Crippen molar-refractivity contribution < 1.29 is 0 Å². The number of hydrogen-bond acceptors (Lipinski definition) is 1. The number of aryl methyl sites for hydroxylation is 1. The van der Waals surface area contributed by atoms with E-state index in [1.807, 2.05) is 12.4 Å². The number of H-pyrrole nitrogens is 1. The molecule has 1 N–H and O–H groups in total. The van der Waals surface area contributed by atoms with E-state index in [4.69, 9.17) is 0 Å². The highest BCUT2D eigenvalue weighted by Crippen LogP contribution is 2.33. The quantitative estimate of drug-likeness (QED) is 0.814. The molecular weight excluding hydrogens is 196 g/mol. The third-order valence-corrected chi connectivity index (χ3v) is 3.49. The molecule has 0 bridgehead atoms. The van der Waals surface area contributed by atoms with Crippen LogP contribution < -0.4 is 0 Å². The fourth-order valence-electron chi connectivity index (χ4n) is 2.71. The Morgan fingerprint density at radius 2 is 2.25 bits per heavy atom. The highest BCUT2D eigenvalue weighted by molar-refractivity contribution is 5.33. The van der Waals surface area contributed by atoms with Crippen LogP contribution in [0.4, 0.5) is 0 Å². The van der Waals surface area contributed by atoms with Crippen molar-refractivity contribution in [1.82, 2.24) is 9.97 Å². The average Bonchev–Trinajstić information content (AvgIpc) is 2.82. The van der Waals surface area contributed by atoms with E-state index in [0.717, 1.165) is 12.2 Å². The van der Waals surface area contributed by atoms with E-state index >= 15 is 0 Å². The zero-order chi connectivity index (χ0) is 10.8. The molecule has 0 saturated carbocycles. The Morgan fingerprint density at radius 3 is 3.12 bits per heavy atom. The molecule has 0 amide bonds. The van der Waals surface area contributed by atoms with Crippen molar-refractivity contribution in [3.63, 3.8) is 0 Å². The second-order valence-corrected chi connectivity index (χ2v) is 4.53. The molecular formula is C14H16N2. The third kappa shape index (κ3) is 1.75. The van der Waals surface area contributed by atoms with Gasteiger partial charge in [0, 0.05) is 18.8 Å². The zero-order valence-corrected chi connectivity index (χ0v) is 9.32. The van der Waals surface area contributed by atoms with Crippen LogP contribution in [0.15, 0.2) is 36.7 Å². The Labute approximate surface area is 95.7 Å². The fourth-order valence-corrected chi connectivity index (χ4v) is 2.71. The monoisotopic (exact) mass is 212 g/mol. The lowest BCUT2D eigenvalue weighted by Gasteiger charge is -2.24. The van der Waals surface area contributed by atoms with Crippen molar-refractivity contribution in [2.45, 2.75) is 31.6 Å². The summed E-state index contributed by atoms with van der Waals surface area (Å²) >= 11 is 0. The van der Waals surface area contributed by atoms with Gasteiger partial charge >= 0.3 is 0 Å². The smallest absolute Gasteiger partial charge is 0.106 e. The van der Waals surface area contributed by atoms with Gasteiger partial charge in [-0.25, -0.2) is 4.98 Å². The molecule has 1 atom stereocenters. The largest absolute Gasteiger partial charge is 0.349 e. The normalized spacial score (nSPS) is 19.4. The minimum atomic E-state index is 0.649. The summed E-state index contributed by atoms with van der Waals surface area (Å²) in [7, 11) is 0. The molecule has 1 aliphatic carbocycles. The fraction of sp³-hybridized carbons (Fsp3) is 0.357. The Bertz CT molecular complexity index is 459. The minimum absolute atomic E-state index is 0.649. The maximum absolute atomic E-state index is 4.33. The van der Waals surface area contributed by atoms with Gasteiger partial charge in [-0.05, 0) is 36.3 Å². The average molecular weight is 212 g/mol. The SMILES string of the molecule is c1ccc2c(c1)CCC[C@@H]2Cc1ncc[nH]1. The van der Waals surface area contributed by atoms with Crippen molar-refractivity contribution in [2.24, 2.45) is 0 Å². The standard InChI is InChI=1S/C14H16N2/c1-2-7-13-11(4-1)5-3-6-12(13)10-14-15-8-9-16-14/h1-2,4,7-9,12H,3,5-6,10H2,(H,15,16)/t12-/m1/s1.